The summed E-state index contributed by atoms with van der Waals surface area (Å²) in [6.07, 6.45) is 1.98. The molecule has 0 aromatic heterocycles. The molecule has 0 saturated carbocycles. The van der Waals surface area contributed by atoms with Crippen LogP contribution in [0, 0.1) is 11.8 Å². The van der Waals surface area contributed by atoms with Gasteiger partial charge in [0.2, 0.25) is 5.78 Å². The summed E-state index contributed by atoms with van der Waals surface area (Å²) in [5.74, 6) is 5.02. The molecule has 1 heterocycles. The minimum Gasteiger partial charge on any atom is -0.381 e. The second kappa shape index (κ2) is 9.93. The number of nitrogens with two attached hydrogens (primary N) is 1. The largest absolute Gasteiger partial charge is 0.381 e. The van der Waals surface area contributed by atoms with Gasteiger partial charge in [0.25, 0.3) is 0 Å². The predicted molar refractivity (Wildman–Crippen MR) is 75.8 cm³/mol. The molecule has 3 N–H and O–H groups in total. The van der Waals surface area contributed by atoms with Crippen molar-refractivity contribution in [3.05, 3.63) is 0 Å². The highest BCUT2D eigenvalue weighted by Crippen LogP contribution is 2.05. The number of ether oxygens (including phenoxy) is 1. The Morgan fingerprint density at radius 3 is 2.84 bits per heavy atom. The van der Waals surface area contributed by atoms with Crippen molar-refractivity contribution in [3.8, 4) is 11.8 Å². The maximum absolute atomic E-state index is 11.1. The van der Waals surface area contributed by atoms with Gasteiger partial charge in [0.1, 0.15) is 0 Å². The molecule has 108 valence electrons. The van der Waals surface area contributed by atoms with Crippen molar-refractivity contribution in [2.45, 2.75) is 25.8 Å². The fourth-order valence-corrected chi connectivity index (χ4v) is 1.97. The third-order valence-electron chi connectivity index (χ3n) is 2.94. The van der Waals surface area contributed by atoms with E-state index >= 15 is 0 Å². The monoisotopic (exact) mass is 267 g/mol. The highest BCUT2D eigenvalue weighted by Gasteiger charge is 2.21. The molecule has 0 bridgehead atoms. The van der Waals surface area contributed by atoms with Gasteiger partial charge in [-0.3, -0.25) is 4.79 Å². The van der Waals surface area contributed by atoms with Gasteiger partial charge in [-0.15, -0.1) is 0 Å². The molecule has 5 nitrogen and oxygen atoms in total. The van der Waals surface area contributed by atoms with Crippen LogP contribution in [-0.4, -0.2) is 62.7 Å². The Hall–Kier alpha value is -0.930. The molecule has 0 spiro atoms. The van der Waals surface area contributed by atoms with E-state index in [0.29, 0.717) is 12.6 Å². The van der Waals surface area contributed by atoms with E-state index in [0.717, 1.165) is 52.2 Å². The van der Waals surface area contributed by atoms with Crippen LogP contribution in [0.25, 0.3) is 0 Å². The smallest absolute Gasteiger partial charge is 0.219 e. The molecular formula is C14H25N3O2. The number of ketones is 1. The Balaban J connectivity index is 1.76. The highest BCUT2D eigenvalue weighted by atomic mass is 16.5. The Morgan fingerprint density at radius 1 is 1.42 bits per heavy atom. The molecule has 0 atom stereocenters. The molecule has 1 rings (SSSR count). The van der Waals surface area contributed by atoms with Crippen LogP contribution in [0.5, 0.6) is 0 Å². The maximum atomic E-state index is 11.1. The molecule has 0 radical (unpaired) electrons. The van der Waals surface area contributed by atoms with Crippen LogP contribution in [0.15, 0.2) is 0 Å². The standard InChI is InChI=1S/C14H25N3O2/c1-2-5-14(18)10-16-6-3-8-19-9-4-7-17-11-13(15)12-17/h13,16H,3-4,6-12,15H2,1H3. The van der Waals surface area contributed by atoms with Gasteiger partial charge >= 0.3 is 0 Å². The summed E-state index contributed by atoms with van der Waals surface area (Å²) < 4.78 is 5.52. The summed E-state index contributed by atoms with van der Waals surface area (Å²) in [5, 5.41) is 3.05. The van der Waals surface area contributed by atoms with Gasteiger partial charge < -0.3 is 20.7 Å². The number of nitrogens with zero attached hydrogens (tertiary/aromatic N) is 1. The zero-order chi connectivity index (χ0) is 13.9. The van der Waals surface area contributed by atoms with Gasteiger partial charge in [-0.1, -0.05) is 5.92 Å². The Bertz CT molecular complexity index is 316. The van der Waals surface area contributed by atoms with E-state index in [9.17, 15) is 4.79 Å². The number of likely N-dealkylation sites (tertiary alicyclic amines) is 1. The summed E-state index contributed by atoms with van der Waals surface area (Å²) in [5.41, 5.74) is 5.70. The fourth-order valence-electron chi connectivity index (χ4n) is 1.97. The van der Waals surface area contributed by atoms with E-state index in [2.05, 4.69) is 22.1 Å². The topological polar surface area (TPSA) is 67.6 Å². The van der Waals surface area contributed by atoms with Crippen LogP contribution in [0.2, 0.25) is 0 Å². The lowest BCUT2D eigenvalue weighted by molar-refractivity contribution is -0.113. The molecule has 19 heavy (non-hydrogen) atoms. The molecule has 0 aromatic carbocycles. The van der Waals surface area contributed by atoms with Crippen LogP contribution < -0.4 is 11.1 Å². The first-order valence-electron chi connectivity index (χ1n) is 6.94. The van der Waals surface area contributed by atoms with Crippen LogP contribution in [0.3, 0.4) is 0 Å². The summed E-state index contributed by atoms with van der Waals surface area (Å²) in [6.45, 7) is 7.45. The average molecular weight is 267 g/mol. The first kappa shape index (κ1) is 16.1. The van der Waals surface area contributed by atoms with Crippen LogP contribution in [0.1, 0.15) is 19.8 Å². The van der Waals surface area contributed by atoms with Crippen molar-refractivity contribution in [1.29, 1.82) is 0 Å². The van der Waals surface area contributed by atoms with E-state index in [1.165, 1.54) is 0 Å². The third kappa shape index (κ3) is 7.96. The van der Waals surface area contributed by atoms with Crippen molar-refractivity contribution >= 4 is 5.78 Å². The van der Waals surface area contributed by atoms with Crippen molar-refractivity contribution in [1.82, 2.24) is 10.2 Å². The number of carbonyl (C=O) groups is 1. The van der Waals surface area contributed by atoms with Gasteiger partial charge in [-0.2, -0.15) is 0 Å². The Morgan fingerprint density at radius 2 is 2.16 bits per heavy atom. The lowest BCUT2D eigenvalue weighted by Gasteiger charge is -2.36. The molecule has 0 aliphatic carbocycles. The number of carbonyl (C=O) groups excluding carboxylic acids is 1. The molecule has 1 aliphatic heterocycles. The minimum absolute atomic E-state index is 0.0591. The van der Waals surface area contributed by atoms with Crippen molar-refractivity contribution in [2.24, 2.45) is 5.73 Å². The van der Waals surface area contributed by atoms with E-state index in [-0.39, 0.29) is 5.78 Å². The van der Waals surface area contributed by atoms with E-state index in [1.807, 2.05) is 0 Å². The average Bonchev–Trinajstić information content (AvgIpc) is 2.34. The lowest BCUT2D eigenvalue weighted by atomic mass is 10.1. The molecule has 1 saturated heterocycles. The summed E-state index contributed by atoms with van der Waals surface area (Å²) in [7, 11) is 0. The zero-order valence-corrected chi connectivity index (χ0v) is 11.8. The first-order chi connectivity index (χ1) is 9.22. The van der Waals surface area contributed by atoms with Gasteiger partial charge in [0, 0.05) is 38.9 Å². The number of hydrogen-bond acceptors (Lipinski definition) is 5. The minimum atomic E-state index is -0.0591. The zero-order valence-electron chi connectivity index (χ0n) is 11.8. The summed E-state index contributed by atoms with van der Waals surface area (Å²) in [4.78, 5) is 13.4. The van der Waals surface area contributed by atoms with E-state index in [4.69, 9.17) is 10.5 Å². The predicted octanol–water partition coefficient (Wildman–Crippen LogP) is -0.392. The van der Waals surface area contributed by atoms with E-state index in [1.54, 1.807) is 6.92 Å². The van der Waals surface area contributed by atoms with Crippen LogP contribution in [0.4, 0.5) is 0 Å². The van der Waals surface area contributed by atoms with E-state index < -0.39 is 0 Å². The molecule has 0 amide bonds. The first-order valence-corrected chi connectivity index (χ1v) is 6.94. The molecule has 5 heteroatoms. The van der Waals surface area contributed by atoms with Gasteiger partial charge in [0.15, 0.2) is 0 Å². The molecule has 0 unspecified atom stereocenters. The summed E-state index contributed by atoms with van der Waals surface area (Å²) in [6, 6.07) is 0.382. The van der Waals surface area contributed by atoms with Gasteiger partial charge in [-0.25, -0.2) is 0 Å². The van der Waals surface area contributed by atoms with Gasteiger partial charge in [-0.05, 0) is 32.2 Å². The Kier molecular flexibility index (Phi) is 8.43. The SMILES string of the molecule is CC#CC(=O)CNCCCOCCCN1CC(N)C1. The highest BCUT2D eigenvalue weighted by molar-refractivity contribution is 5.96. The number of hydrogen-bond donors (Lipinski definition) is 2. The third-order valence-corrected chi connectivity index (χ3v) is 2.94. The number of Topliss-reactive ketones (excluding diaryl/α,β-unsaturated/α-hetero) is 1. The molecule has 0 aromatic rings. The number of rotatable bonds is 10. The van der Waals surface area contributed by atoms with Crippen molar-refractivity contribution < 1.29 is 9.53 Å². The quantitative estimate of drug-likeness (QED) is 0.320. The molecule has 1 aliphatic rings. The second-order valence-corrected chi connectivity index (χ2v) is 4.81. The van der Waals surface area contributed by atoms with Crippen molar-refractivity contribution in [3.63, 3.8) is 0 Å². The normalized spacial score (nSPS) is 15.7. The van der Waals surface area contributed by atoms with Crippen LogP contribution >= 0.6 is 0 Å². The van der Waals surface area contributed by atoms with Crippen molar-refractivity contribution in [2.75, 3.05) is 45.9 Å². The maximum Gasteiger partial charge on any atom is 0.219 e. The Labute approximate surface area is 115 Å². The fraction of sp³-hybridized carbons (Fsp3) is 0.786. The van der Waals surface area contributed by atoms with Crippen LogP contribution in [-0.2, 0) is 9.53 Å². The molecule has 1 fully saturated rings. The molecular weight excluding hydrogens is 242 g/mol. The number of nitrogens with one attached hydrogen (secondary N) is 1. The second-order valence-electron chi connectivity index (χ2n) is 4.81. The van der Waals surface area contributed by atoms with Gasteiger partial charge in [0.05, 0.1) is 6.54 Å². The lowest BCUT2D eigenvalue weighted by Crippen LogP contribution is -2.55. The summed E-state index contributed by atoms with van der Waals surface area (Å²) >= 11 is 0.